The average molecular weight is 381 g/mol. The van der Waals surface area contributed by atoms with Crippen molar-refractivity contribution in [2.45, 2.75) is 32.7 Å². The van der Waals surface area contributed by atoms with Gasteiger partial charge < -0.3 is 4.74 Å². The van der Waals surface area contributed by atoms with E-state index in [-0.39, 0.29) is 24.0 Å². The molecule has 4 aliphatic carbocycles. The van der Waals surface area contributed by atoms with Gasteiger partial charge in [-0.25, -0.2) is 0 Å². The first-order valence-corrected chi connectivity index (χ1v) is 8.52. The third kappa shape index (κ3) is 0.986. The normalized spacial score (nSPS) is 66.6. The Hall–Kier alpha value is 1.44. The van der Waals surface area contributed by atoms with Gasteiger partial charge >= 0.3 is 0 Å². The van der Waals surface area contributed by atoms with E-state index < -0.39 is 14.1 Å². The summed E-state index contributed by atoms with van der Waals surface area (Å²) in [6.45, 7) is 0. The van der Waals surface area contributed by atoms with Gasteiger partial charge in [0.25, 0.3) is 0 Å². The van der Waals surface area contributed by atoms with Gasteiger partial charge in [-0.15, -0.1) is 23.2 Å². The molecule has 1 heterocycles. The van der Waals surface area contributed by atoms with E-state index in [1.54, 1.807) is 0 Å². The third-order valence-electron chi connectivity index (χ3n) is 5.92. The molecule has 0 spiro atoms. The average Bonchev–Trinajstić information content (AvgIpc) is 2.91. The molecule has 104 valence electrons. The minimum absolute atomic E-state index is 0.0467. The van der Waals surface area contributed by atoms with Crippen LogP contribution in [0.5, 0.6) is 0 Å². The Bertz CT molecular complexity index is 516. The maximum atomic E-state index is 6.82. The molecule has 1 saturated heterocycles. The molecule has 0 aromatic heterocycles. The van der Waals surface area contributed by atoms with Crippen LogP contribution in [-0.2, 0) is 4.74 Å². The summed E-state index contributed by atoms with van der Waals surface area (Å²) >= 11 is 39.5. The summed E-state index contributed by atoms with van der Waals surface area (Å²) in [5.41, 5.74) is 0. The molecule has 0 N–H and O–H groups in total. The zero-order valence-electron chi connectivity index (χ0n) is 9.35. The summed E-state index contributed by atoms with van der Waals surface area (Å²) in [6.07, 6.45) is 1.63. The van der Waals surface area contributed by atoms with Crippen LogP contribution in [0.3, 0.4) is 0 Å². The van der Waals surface area contributed by atoms with E-state index in [1.807, 2.05) is 0 Å². The number of alkyl halides is 4. The zero-order valence-corrected chi connectivity index (χ0v) is 13.9. The molecule has 7 heteroatoms. The quantitative estimate of drug-likeness (QED) is 0.343. The van der Waals surface area contributed by atoms with Crippen molar-refractivity contribution < 1.29 is 4.74 Å². The van der Waals surface area contributed by atoms with Crippen molar-refractivity contribution in [1.29, 1.82) is 0 Å². The fourth-order valence-corrected chi connectivity index (χ4v) is 8.43. The second-order valence-electron chi connectivity index (χ2n) is 6.31. The highest BCUT2D eigenvalue weighted by Crippen LogP contribution is 2.84. The van der Waals surface area contributed by atoms with Crippen LogP contribution in [0.25, 0.3) is 0 Å². The topological polar surface area (TPSA) is 12.5 Å². The summed E-state index contributed by atoms with van der Waals surface area (Å²) < 4.78 is 4.35. The molecule has 5 rings (SSSR count). The van der Waals surface area contributed by atoms with Crippen LogP contribution in [0.15, 0.2) is 10.1 Å². The second kappa shape index (κ2) is 3.20. The zero-order chi connectivity index (χ0) is 13.5. The first-order valence-electron chi connectivity index (χ1n) is 6.25. The minimum Gasteiger partial charge on any atom is -0.369 e. The molecule has 0 unspecified atom stereocenters. The molecule has 19 heavy (non-hydrogen) atoms. The van der Waals surface area contributed by atoms with E-state index in [2.05, 4.69) is 0 Å². The molecule has 1 aliphatic heterocycles. The molecular weight excluding hydrogens is 373 g/mol. The summed E-state index contributed by atoms with van der Waals surface area (Å²) in [5.74, 6) is 0.776. The van der Waals surface area contributed by atoms with Crippen molar-refractivity contribution in [3.63, 3.8) is 0 Å². The van der Waals surface area contributed by atoms with Crippen LogP contribution < -0.4 is 0 Å². The molecule has 4 fully saturated rings. The molecule has 4 bridgehead atoms. The lowest BCUT2D eigenvalue weighted by atomic mass is 9.73. The monoisotopic (exact) mass is 378 g/mol. The highest BCUT2D eigenvalue weighted by atomic mass is 35.5. The minimum atomic E-state index is -1.37. The highest BCUT2D eigenvalue weighted by Gasteiger charge is 2.89. The molecule has 8 atom stereocenters. The molecule has 0 aromatic carbocycles. The summed E-state index contributed by atoms with van der Waals surface area (Å²) in [4.78, 5) is -2.17. The summed E-state index contributed by atoms with van der Waals surface area (Å²) in [5, 5.41) is 0.642. The van der Waals surface area contributed by atoms with Crippen LogP contribution >= 0.6 is 69.6 Å². The van der Waals surface area contributed by atoms with Crippen molar-refractivity contribution in [2.75, 3.05) is 0 Å². The molecule has 3 saturated carbocycles. The standard InChI is InChI=1S/C12H8Cl6O/c13-8-9(14)11(16)5-3-1-2(6-7(3)19-6)4(5)10(8,15)12(11,17)18/h2-7H,1H2/t2-,3+,4-,5+,6-,7+,10+,11-. The number of allylic oxidation sites excluding steroid dienone is 2. The Morgan fingerprint density at radius 3 is 1.68 bits per heavy atom. The second-order valence-corrected chi connectivity index (χ2v) is 9.58. The van der Waals surface area contributed by atoms with E-state index >= 15 is 0 Å². The lowest BCUT2D eigenvalue weighted by Crippen LogP contribution is -2.46. The Kier molecular flexibility index (Phi) is 2.18. The molecule has 0 radical (unpaired) electrons. The number of rotatable bonds is 0. The molecular formula is C12H8Cl6O. The van der Waals surface area contributed by atoms with Crippen molar-refractivity contribution in [1.82, 2.24) is 0 Å². The van der Waals surface area contributed by atoms with Crippen molar-refractivity contribution in [2.24, 2.45) is 23.7 Å². The van der Waals surface area contributed by atoms with Crippen molar-refractivity contribution >= 4 is 69.6 Å². The van der Waals surface area contributed by atoms with Crippen LogP contribution in [0.1, 0.15) is 6.42 Å². The van der Waals surface area contributed by atoms with E-state index in [9.17, 15) is 0 Å². The Morgan fingerprint density at radius 2 is 1.26 bits per heavy atom. The van der Waals surface area contributed by atoms with Gasteiger partial charge in [0.15, 0.2) is 4.33 Å². The maximum absolute atomic E-state index is 6.82. The number of fused-ring (bicyclic) bond motifs is 12. The van der Waals surface area contributed by atoms with E-state index in [1.165, 1.54) is 0 Å². The molecule has 1 nitrogen and oxygen atoms in total. The number of halogens is 6. The van der Waals surface area contributed by atoms with Crippen molar-refractivity contribution in [3.8, 4) is 0 Å². The molecule has 5 aliphatic rings. The van der Waals surface area contributed by atoms with E-state index in [0.29, 0.717) is 21.9 Å². The van der Waals surface area contributed by atoms with Crippen molar-refractivity contribution in [3.05, 3.63) is 10.1 Å². The first kappa shape index (κ1) is 12.9. The van der Waals surface area contributed by atoms with E-state index in [4.69, 9.17) is 74.3 Å². The smallest absolute Gasteiger partial charge is 0.166 e. The SMILES string of the molecule is ClC1=C(Cl)[C@]2(Cl)[C@H]3[C@@H]4C[C@@H]([C@H]5O[C@@H]45)[C@H]3[C@@]1(Cl)C2(Cl)Cl. The van der Waals surface area contributed by atoms with Gasteiger partial charge in [0, 0.05) is 0 Å². The first-order chi connectivity index (χ1) is 8.78. The van der Waals surface area contributed by atoms with Crippen LogP contribution in [-0.4, -0.2) is 26.3 Å². The lowest BCUT2D eigenvalue weighted by Gasteiger charge is -2.38. The third-order valence-corrected chi connectivity index (χ3v) is 10.2. The van der Waals surface area contributed by atoms with Crippen LogP contribution in [0, 0.1) is 23.7 Å². The maximum Gasteiger partial charge on any atom is 0.166 e. The van der Waals surface area contributed by atoms with Crippen LogP contribution in [0.4, 0.5) is 0 Å². The molecule has 0 amide bonds. The summed E-state index contributed by atoms with van der Waals surface area (Å²) in [7, 11) is 0. The van der Waals surface area contributed by atoms with Gasteiger partial charge in [-0.3, -0.25) is 0 Å². The van der Waals surface area contributed by atoms with Gasteiger partial charge in [-0.2, -0.15) is 0 Å². The fraction of sp³-hybridized carbons (Fsp3) is 0.833. The van der Waals surface area contributed by atoms with Gasteiger partial charge in [0.05, 0.1) is 22.3 Å². The number of epoxide rings is 1. The number of hydrogen-bond acceptors (Lipinski definition) is 1. The predicted molar refractivity (Wildman–Crippen MR) is 77.6 cm³/mol. The van der Waals surface area contributed by atoms with Crippen LogP contribution in [0.2, 0.25) is 0 Å². The summed E-state index contributed by atoms with van der Waals surface area (Å²) in [6, 6.07) is 0. The Labute approximate surface area is 140 Å². The number of ether oxygens (including phenoxy) is 1. The number of hydrogen-bond donors (Lipinski definition) is 0. The van der Waals surface area contributed by atoms with Gasteiger partial charge in [0.1, 0.15) is 9.75 Å². The lowest BCUT2D eigenvalue weighted by molar-refractivity contribution is 0.237. The Balaban J connectivity index is 1.80. The Morgan fingerprint density at radius 1 is 0.842 bits per heavy atom. The van der Waals surface area contributed by atoms with Gasteiger partial charge in [-0.1, -0.05) is 46.4 Å². The largest absolute Gasteiger partial charge is 0.369 e. The van der Waals surface area contributed by atoms with Gasteiger partial charge in [-0.05, 0) is 30.1 Å². The fourth-order valence-electron chi connectivity index (χ4n) is 5.30. The highest BCUT2D eigenvalue weighted by molar-refractivity contribution is 6.65. The molecule has 0 aromatic rings. The predicted octanol–water partition coefficient (Wildman–Crippen LogP) is 4.48. The van der Waals surface area contributed by atoms with Gasteiger partial charge in [0.2, 0.25) is 0 Å². The van der Waals surface area contributed by atoms with E-state index in [0.717, 1.165) is 6.42 Å².